The maximum atomic E-state index is 12.0. The van der Waals surface area contributed by atoms with Crippen LogP contribution in [0.2, 0.25) is 0 Å². The van der Waals surface area contributed by atoms with Crippen LogP contribution in [0.25, 0.3) is 0 Å². The van der Waals surface area contributed by atoms with E-state index >= 15 is 0 Å². The number of amides is 2. The van der Waals surface area contributed by atoms with Crippen molar-refractivity contribution in [2.75, 3.05) is 11.9 Å². The van der Waals surface area contributed by atoms with Gasteiger partial charge in [0.05, 0.1) is 13.0 Å². The van der Waals surface area contributed by atoms with Crippen molar-refractivity contribution in [3.63, 3.8) is 0 Å². The predicted molar refractivity (Wildman–Crippen MR) is 92.3 cm³/mol. The zero-order valence-electron chi connectivity index (χ0n) is 13.8. The zero-order chi connectivity index (χ0) is 17.1. The molecule has 24 heavy (non-hydrogen) atoms. The van der Waals surface area contributed by atoms with Crippen LogP contribution in [0, 0.1) is 13.8 Å². The molecule has 0 aliphatic carbocycles. The molecule has 2 N–H and O–H groups in total. The van der Waals surface area contributed by atoms with Crippen molar-refractivity contribution >= 4 is 17.5 Å². The van der Waals surface area contributed by atoms with Crippen LogP contribution in [0.1, 0.15) is 33.5 Å². The molecular weight excluding hydrogens is 304 g/mol. The minimum absolute atomic E-state index is 0.0979. The maximum absolute atomic E-state index is 12.0. The van der Waals surface area contributed by atoms with E-state index in [-0.39, 0.29) is 18.2 Å². The molecule has 124 valence electrons. The smallest absolute Gasteiger partial charge is 0.251 e. The van der Waals surface area contributed by atoms with Crippen molar-refractivity contribution in [1.82, 2.24) is 5.32 Å². The second-order valence-corrected chi connectivity index (χ2v) is 6.02. The second kappa shape index (κ2) is 6.74. The van der Waals surface area contributed by atoms with Crippen LogP contribution in [-0.4, -0.2) is 18.4 Å². The first-order valence-corrected chi connectivity index (χ1v) is 7.93. The Morgan fingerprint density at radius 1 is 1.17 bits per heavy atom. The number of nitrogens with one attached hydrogen (secondary N) is 2. The van der Waals surface area contributed by atoms with Gasteiger partial charge >= 0.3 is 0 Å². The summed E-state index contributed by atoms with van der Waals surface area (Å²) in [7, 11) is 0. The van der Waals surface area contributed by atoms with Crippen LogP contribution < -0.4 is 15.4 Å². The van der Waals surface area contributed by atoms with Crippen molar-refractivity contribution in [2.45, 2.75) is 26.8 Å². The molecule has 5 nitrogen and oxygen atoms in total. The molecule has 3 rings (SSSR count). The van der Waals surface area contributed by atoms with Gasteiger partial charge in [-0.1, -0.05) is 12.1 Å². The summed E-state index contributed by atoms with van der Waals surface area (Å²) in [6.07, 6.45) is 0.246. The number of fused-ring (bicyclic) bond motifs is 1. The number of rotatable bonds is 5. The number of anilines is 1. The molecule has 0 radical (unpaired) electrons. The van der Waals surface area contributed by atoms with E-state index < -0.39 is 0 Å². The van der Waals surface area contributed by atoms with E-state index in [0.717, 1.165) is 22.4 Å². The molecule has 0 aromatic heterocycles. The minimum Gasteiger partial charge on any atom is -0.493 e. The number of carbonyl (C=O) groups is 2. The highest BCUT2D eigenvalue weighted by Gasteiger charge is 2.19. The number of aryl methyl sites for hydroxylation is 2. The van der Waals surface area contributed by atoms with E-state index in [1.807, 2.05) is 38.1 Å². The summed E-state index contributed by atoms with van der Waals surface area (Å²) >= 11 is 0. The maximum Gasteiger partial charge on any atom is 0.251 e. The van der Waals surface area contributed by atoms with Gasteiger partial charge in [0.1, 0.15) is 5.75 Å². The van der Waals surface area contributed by atoms with Crippen molar-refractivity contribution in [1.29, 1.82) is 0 Å². The fourth-order valence-electron chi connectivity index (χ4n) is 2.79. The van der Waals surface area contributed by atoms with Crippen LogP contribution in [0.5, 0.6) is 5.75 Å². The van der Waals surface area contributed by atoms with E-state index in [1.165, 1.54) is 0 Å². The molecule has 0 bridgehead atoms. The lowest BCUT2D eigenvalue weighted by Gasteiger charge is -2.09. The van der Waals surface area contributed by atoms with E-state index in [2.05, 4.69) is 16.7 Å². The lowest BCUT2D eigenvalue weighted by Crippen LogP contribution is -2.16. The van der Waals surface area contributed by atoms with Gasteiger partial charge in [-0.2, -0.15) is 0 Å². The average Bonchev–Trinajstić information content (AvgIpc) is 2.87. The summed E-state index contributed by atoms with van der Waals surface area (Å²) < 4.78 is 5.64. The Morgan fingerprint density at radius 2 is 1.92 bits per heavy atom. The third-order valence-corrected chi connectivity index (χ3v) is 3.87. The fraction of sp³-hybridized carbons (Fsp3) is 0.263. The van der Waals surface area contributed by atoms with Gasteiger partial charge in [-0.25, -0.2) is 0 Å². The average molecular weight is 324 g/mol. The number of hydrogen-bond donors (Lipinski definition) is 2. The van der Waals surface area contributed by atoms with Crippen molar-refractivity contribution < 1.29 is 14.3 Å². The quantitative estimate of drug-likeness (QED) is 0.888. The highest BCUT2D eigenvalue weighted by molar-refractivity contribution is 6.00. The Balaban J connectivity index is 1.53. The van der Waals surface area contributed by atoms with Gasteiger partial charge in [0.2, 0.25) is 5.91 Å². The molecule has 1 aliphatic rings. The summed E-state index contributed by atoms with van der Waals surface area (Å²) in [5.41, 5.74) is 4.47. The standard InChI is InChI=1S/C19H20N2O3/c1-12-7-13(2)9-16(8-12)24-6-5-18(22)21-15-4-3-14-11-20-19(23)17(14)10-15/h3-4,7-10H,5-6,11H2,1-2H3,(H,20,23)(H,21,22). The fourth-order valence-corrected chi connectivity index (χ4v) is 2.79. The molecule has 0 spiro atoms. The van der Waals surface area contributed by atoms with Crippen molar-refractivity contribution in [3.05, 3.63) is 58.7 Å². The first kappa shape index (κ1) is 16.1. The first-order chi connectivity index (χ1) is 11.5. The Labute approximate surface area is 141 Å². The van der Waals surface area contributed by atoms with Gasteiger partial charge in [-0.05, 0) is 54.8 Å². The molecule has 0 saturated heterocycles. The molecule has 5 heteroatoms. The monoisotopic (exact) mass is 324 g/mol. The largest absolute Gasteiger partial charge is 0.493 e. The Hall–Kier alpha value is -2.82. The number of benzene rings is 2. The summed E-state index contributed by atoms with van der Waals surface area (Å²) in [5, 5.41) is 5.56. The zero-order valence-corrected chi connectivity index (χ0v) is 13.8. The van der Waals surface area contributed by atoms with Gasteiger partial charge in [0, 0.05) is 17.8 Å². The molecule has 0 fully saturated rings. The molecule has 0 saturated carbocycles. The van der Waals surface area contributed by atoms with Crippen LogP contribution in [0.3, 0.4) is 0 Å². The van der Waals surface area contributed by atoms with Crippen LogP contribution in [0.15, 0.2) is 36.4 Å². The second-order valence-electron chi connectivity index (χ2n) is 6.02. The van der Waals surface area contributed by atoms with Crippen LogP contribution in [0.4, 0.5) is 5.69 Å². The Kier molecular flexibility index (Phi) is 4.51. The van der Waals surface area contributed by atoms with E-state index in [4.69, 9.17) is 4.74 Å². The molecule has 2 aromatic carbocycles. The highest BCUT2D eigenvalue weighted by Crippen LogP contribution is 2.20. The SMILES string of the molecule is Cc1cc(C)cc(OCCC(=O)Nc2ccc3c(c2)C(=O)NC3)c1. The summed E-state index contributed by atoms with van der Waals surface area (Å²) in [6.45, 7) is 4.87. The summed E-state index contributed by atoms with van der Waals surface area (Å²) in [4.78, 5) is 23.7. The molecule has 2 aromatic rings. The summed E-state index contributed by atoms with van der Waals surface area (Å²) in [6, 6.07) is 11.3. The lowest BCUT2D eigenvalue weighted by molar-refractivity contribution is -0.116. The molecule has 2 amide bonds. The van der Waals surface area contributed by atoms with E-state index in [9.17, 15) is 9.59 Å². The number of ether oxygens (including phenoxy) is 1. The molecule has 1 aliphatic heterocycles. The minimum atomic E-state index is -0.141. The molecular formula is C19H20N2O3. The van der Waals surface area contributed by atoms with Gasteiger partial charge < -0.3 is 15.4 Å². The third-order valence-electron chi connectivity index (χ3n) is 3.87. The van der Waals surface area contributed by atoms with Crippen LogP contribution >= 0.6 is 0 Å². The third kappa shape index (κ3) is 3.74. The number of carbonyl (C=O) groups excluding carboxylic acids is 2. The van der Waals surface area contributed by atoms with Crippen molar-refractivity contribution in [3.8, 4) is 5.75 Å². The highest BCUT2D eigenvalue weighted by atomic mass is 16.5. The predicted octanol–water partition coefficient (Wildman–Crippen LogP) is 2.95. The van der Waals surface area contributed by atoms with Crippen LogP contribution in [-0.2, 0) is 11.3 Å². The normalized spacial score (nSPS) is 12.5. The van der Waals surface area contributed by atoms with E-state index in [0.29, 0.717) is 24.4 Å². The van der Waals surface area contributed by atoms with Gasteiger partial charge in [-0.3, -0.25) is 9.59 Å². The molecule has 0 atom stereocenters. The molecule has 1 heterocycles. The summed E-state index contributed by atoms with van der Waals surface area (Å²) in [5.74, 6) is 0.534. The van der Waals surface area contributed by atoms with Gasteiger partial charge in [0.15, 0.2) is 0 Å². The topological polar surface area (TPSA) is 67.4 Å². The van der Waals surface area contributed by atoms with Gasteiger partial charge in [-0.15, -0.1) is 0 Å². The lowest BCUT2D eigenvalue weighted by atomic mass is 10.1. The molecule has 0 unspecified atom stereocenters. The van der Waals surface area contributed by atoms with Crippen molar-refractivity contribution in [2.24, 2.45) is 0 Å². The van der Waals surface area contributed by atoms with E-state index in [1.54, 1.807) is 6.07 Å². The Morgan fingerprint density at radius 3 is 2.67 bits per heavy atom. The van der Waals surface area contributed by atoms with Gasteiger partial charge in [0.25, 0.3) is 5.91 Å². The first-order valence-electron chi connectivity index (χ1n) is 7.93. The number of hydrogen-bond acceptors (Lipinski definition) is 3. The Bertz CT molecular complexity index is 779.